The van der Waals surface area contributed by atoms with Gasteiger partial charge >= 0.3 is 11.9 Å². The molecule has 0 fully saturated rings. The standard InChI is InChI=1S/C12H18N2O4S2/c1-3-18-12(16)10-14-8(7-20-10)6-19-5-4-9(13)11(15)17-2/h7,9H,3-6,13H2,1-2H3. The quantitative estimate of drug-likeness (QED) is 0.573. The third-order valence-corrected chi connectivity index (χ3v) is 4.22. The average molecular weight is 318 g/mol. The van der Waals surface area contributed by atoms with E-state index in [0.29, 0.717) is 23.8 Å². The summed E-state index contributed by atoms with van der Waals surface area (Å²) in [6.07, 6.45) is 0.548. The molecule has 1 rings (SSSR count). The molecule has 2 N–H and O–H groups in total. The molecule has 1 aromatic heterocycles. The molecule has 0 bridgehead atoms. The molecule has 0 amide bonds. The maximum Gasteiger partial charge on any atom is 0.367 e. The fraction of sp³-hybridized carbons (Fsp3) is 0.583. The number of nitrogens with zero attached hydrogens (tertiary/aromatic N) is 1. The molecule has 0 radical (unpaired) electrons. The van der Waals surface area contributed by atoms with Crippen molar-refractivity contribution in [1.82, 2.24) is 4.98 Å². The molecule has 0 aliphatic rings. The third kappa shape index (κ3) is 5.48. The summed E-state index contributed by atoms with van der Waals surface area (Å²) >= 11 is 2.88. The van der Waals surface area contributed by atoms with Crippen LogP contribution in [0.15, 0.2) is 5.38 Å². The van der Waals surface area contributed by atoms with E-state index in [9.17, 15) is 9.59 Å². The molecule has 0 aromatic carbocycles. The van der Waals surface area contributed by atoms with E-state index in [1.807, 2.05) is 5.38 Å². The predicted molar refractivity (Wildman–Crippen MR) is 78.8 cm³/mol. The molecule has 20 heavy (non-hydrogen) atoms. The Morgan fingerprint density at radius 1 is 1.55 bits per heavy atom. The van der Waals surface area contributed by atoms with Crippen LogP contribution < -0.4 is 5.73 Å². The van der Waals surface area contributed by atoms with Gasteiger partial charge in [0.05, 0.1) is 19.4 Å². The average Bonchev–Trinajstić information content (AvgIpc) is 2.91. The number of esters is 2. The van der Waals surface area contributed by atoms with Gasteiger partial charge in [-0.3, -0.25) is 4.79 Å². The number of aromatic nitrogens is 1. The second kappa shape index (κ2) is 8.93. The van der Waals surface area contributed by atoms with Gasteiger partial charge in [-0.2, -0.15) is 11.8 Å². The van der Waals surface area contributed by atoms with E-state index >= 15 is 0 Å². The van der Waals surface area contributed by atoms with Crippen molar-refractivity contribution in [3.05, 3.63) is 16.1 Å². The van der Waals surface area contributed by atoms with Gasteiger partial charge in [0.25, 0.3) is 0 Å². The second-order valence-electron chi connectivity index (χ2n) is 3.84. The van der Waals surface area contributed by atoms with Gasteiger partial charge in [-0.15, -0.1) is 11.3 Å². The van der Waals surface area contributed by atoms with Crippen molar-refractivity contribution in [2.24, 2.45) is 5.73 Å². The van der Waals surface area contributed by atoms with Crippen molar-refractivity contribution < 1.29 is 19.1 Å². The Balaban J connectivity index is 2.29. The van der Waals surface area contributed by atoms with Crippen molar-refractivity contribution >= 4 is 35.0 Å². The van der Waals surface area contributed by atoms with Crippen LogP contribution >= 0.6 is 23.1 Å². The van der Waals surface area contributed by atoms with Crippen molar-refractivity contribution in [1.29, 1.82) is 0 Å². The summed E-state index contributed by atoms with van der Waals surface area (Å²) in [5.41, 5.74) is 6.45. The molecular formula is C12H18N2O4S2. The van der Waals surface area contributed by atoms with Crippen LogP contribution in [-0.2, 0) is 20.0 Å². The van der Waals surface area contributed by atoms with Gasteiger partial charge in [0.15, 0.2) is 0 Å². The number of carbonyl (C=O) groups is 2. The summed E-state index contributed by atoms with van der Waals surface area (Å²) in [5, 5.41) is 2.20. The zero-order valence-electron chi connectivity index (χ0n) is 11.5. The van der Waals surface area contributed by atoms with Crippen LogP contribution in [0.4, 0.5) is 0 Å². The van der Waals surface area contributed by atoms with Gasteiger partial charge in [0.1, 0.15) is 6.04 Å². The normalized spacial score (nSPS) is 11.9. The first-order valence-electron chi connectivity index (χ1n) is 6.11. The number of rotatable bonds is 8. The Morgan fingerprint density at radius 3 is 2.95 bits per heavy atom. The van der Waals surface area contributed by atoms with Gasteiger partial charge in [-0.1, -0.05) is 0 Å². The van der Waals surface area contributed by atoms with E-state index in [0.717, 1.165) is 11.4 Å². The van der Waals surface area contributed by atoms with E-state index in [1.54, 1.807) is 18.7 Å². The van der Waals surface area contributed by atoms with Gasteiger partial charge in [-0.05, 0) is 19.1 Å². The molecule has 8 heteroatoms. The van der Waals surface area contributed by atoms with Crippen LogP contribution in [0.5, 0.6) is 0 Å². The highest BCUT2D eigenvalue weighted by atomic mass is 32.2. The number of nitrogens with two attached hydrogens (primary N) is 1. The first-order valence-corrected chi connectivity index (χ1v) is 8.14. The predicted octanol–water partition coefficient (Wildman–Crippen LogP) is 1.44. The van der Waals surface area contributed by atoms with E-state index in [1.165, 1.54) is 18.4 Å². The molecule has 1 aromatic rings. The lowest BCUT2D eigenvalue weighted by molar-refractivity contribution is -0.142. The molecule has 1 unspecified atom stereocenters. The van der Waals surface area contributed by atoms with Gasteiger partial charge in [0.2, 0.25) is 5.01 Å². The third-order valence-electron chi connectivity index (χ3n) is 2.33. The lowest BCUT2D eigenvalue weighted by atomic mass is 10.2. The highest BCUT2D eigenvalue weighted by molar-refractivity contribution is 7.98. The number of methoxy groups -OCH3 is 1. The number of thioether (sulfide) groups is 1. The minimum absolute atomic E-state index is 0.341. The fourth-order valence-corrected chi connectivity index (χ4v) is 3.05. The van der Waals surface area contributed by atoms with Crippen LogP contribution in [-0.4, -0.2) is 42.4 Å². The molecule has 1 atom stereocenters. The Kier molecular flexibility index (Phi) is 7.56. The van der Waals surface area contributed by atoms with Gasteiger partial charge in [0, 0.05) is 11.1 Å². The largest absolute Gasteiger partial charge is 0.468 e. The summed E-state index contributed by atoms with van der Waals surface area (Å²) in [6.45, 7) is 2.10. The molecule has 1 heterocycles. The maximum absolute atomic E-state index is 11.4. The molecule has 0 spiro atoms. The Labute approximate surface area is 126 Å². The topological polar surface area (TPSA) is 91.5 Å². The number of thiazole rings is 1. The lowest BCUT2D eigenvalue weighted by Gasteiger charge is -2.07. The van der Waals surface area contributed by atoms with E-state index in [2.05, 4.69) is 9.72 Å². The zero-order valence-corrected chi connectivity index (χ0v) is 13.1. The van der Waals surface area contributed by atoms with Crippen LogP contribution in [0, 0.1) is 0 Å². The Bertz CT molecular complexity index is 450. The molecule has 6 nitrogen and oxygen atoms in total. The van der Waals surface area contributed by atoms with E-state index in [-0.39, 0.29) is 5.97 Å². The minimum atomic E-state index is -0.585. The summed E-state index contributed by atoms with van der Waals surface area (Å²) in [4.78, 5) is 26.7. The summed E-state index contributed by atoms with van der Waals surface area (Å²) in [5.74, 6) is 0.608. The number of hydrogen-bond donors (Lipinski definition) is 1. The van der Waals surface area contributed by atoms with E-state index in [4.69, 9.17) is 10.5 Å². The molecule has 112 valence electrons. The van der Waals surface area contributed by atoms with Gasteiger partial charge < -0.3 is 15.2 Å². The van der Waals surface area contributed by atoms with E-state index < -0.39 is 12.0 Å². The molecule has 0 saturated carbocycles. The van der Waals surface area contributed by atoms with Crippen LogP contribution in [0.2, 0.25) is 0 Å². The molecule has 0 aliphatic carbocycles. The van der Waals surface area contributed by atoms with Gasteiger partial charge in [-0.25, -0.2) is 9.78 Å². The number of carbonyl (C=O) groups excluding carboxylic acids is 2. The summed E-state index contributed by atoms with van der Waals surface area (Å²) in [6, 6.07) is -0.585. The number of ether oxygens (including phenoxy) is 2. The van der Waals surface area contributed by atoms with Crippen LogP contribution in [0.3, 0.4) is 0 Å². The summed E-state index contributed by atoms with van der Waals surface area (Å²) in [7, 11) is 1.32. The highest BCUT2D eigenvalue weighted by Crippen LogP contribution is 2.17. The zero-order chi connectivity index (χ0) is 15.0. The van der Waals surface area contributed by atoms with Crippen molar-refractivity contribution in [2.45, 2.75) is 25.1 Å². The minimum Gasteiger partial charge on any atom is -0.468 e. The number of hydrogen-bond acceptors (Lipinski definition) is 8. The first kappa shape index (κ1) is 16.9. The monoisotopic (exact) mass is 318 g/mol. The smallest absolute Gasteiger partial charge is 0.367 e. The maximum atomic E-state index is 11.4. The molecular weight excluding hydrogens is 300 g/mol. The van der Waals surface area contributed by atoms with Crippen molar-refractivity contribution in [2.75, 3.05) is 19.5 Å². The van der Waals surface area contributed by atoms with Crippen LogP contribution in [0.25, 0.3) is 0 Å². The van der Waals surface area contributed by atoms with Crippen molar-refractivity contribution in [3.63, 3.8) is 0 Å². The highest BCUT2D eigenvalue weighted by Gasteiger charge is 2.14. The second-order valence-corrected chi connectivity index (χ2v) is 5.80. The fourth-order valence-electron chi connectivity index (χ4n) is 1.32. The Hall–Kier alpha value is -1.12. The van der Waals surface area contributed by atoms with Crippen molar-refractivity contribution in [3.8, 4) is 0 Å². The summed E-state index contributed by atoms with van der Waals surface area (Å²) < 4.78 is 9.42. The molecule has 0 saturated heterocycles. The first-order chi connectivity index (χ1) is 9.58. The molecule has 0 aliphatic heterocycles. The Morgan fingerprint density at radius 2 is 2.30 bits per heavy atom. The SMILES string of the molecule is CCOC(=O)c1nc(CSCCC(N)C(=O)OC)cs1. The lowest BCUT2D eigenvalue weighted by Crippen LogP contribution is -2.31. The van der Waals surface area contributed by atoms with Crippen LogP contribution in [0.1, 0.15) is 28.8 Å².